The lowest BCUT2D eigenvalue weighted by atomic mass is 10.2. The molecule has 0 aromatic heterocycles. The highest BCUT2D eigenvalue weighted by Crippen LogP contribution is 2.15. The number of carbonyl (C=O) groups is 1. The van der Waals surface area contributed by atoms with Crippen molar-refractivity contribution < 1.29 is 4.79 Å². The minimum atomic E-state index is 0.0738. The Morgan fingerprint density at radius 2 is 2.29 bits per heavy atom. The first kappa shape index (κ1) is 11.5. The van der Waals surface area contributed by atoms with E-state index in [4.69, 9.17) is 5.73 Å². The summed E-state index contributed by atoms with van der Waals surface area (Å²) in [5.74, 6) is 0.0738. The highest BCUT2D eigenvalue weighted by Gasteiger charge is 2.28. The Balaban J connectivity index is 2.45. The van der Waals surface area contributed by atoms with E-state index in [0.717, 1.165) is 19.5 Å². The molecule has 14 heavy (non-hydrogen) atoms. The third kappa shape index (κ3) is 2.45. The van der Waals surface area contributed by atoms with Gasteiger partial charge in [0.25, 0.3) is 0 Å². The summed E-state index contributed by atoms with van der Waals surface area (Å²) in [6, 6.07) is 1.04. The van der Waals surface area contributed by atoms with Crippen molar-refractivity contribution in [2.75, 3.05) is 26.7 Å². The fourth-order valence-corrected chi connectivity index (χ4v) is 1.85. The smallest absolute Gasteiger partial charge is 0.236 e. The van der Waals surface area contributed by atoms with Gasteiger partial charge >= 0.3 is 0 Å². The Hall–Kier alpha value is -0.610. The maximum absolute atomic E-state index is 11.3. The monoisotopic (exact) mass is 199 g/mol. The van der Waals surface area contributed by atoms with Gasteiger partial charge in [0.2, 0.25) is 5.91 Å². The number of likely N-dealkylation sites (N-methyl/N-ethyl adjacent to an activating group) is 1. The lowest BCUT2D eigenvalue weighted by molar-refractivity contribution is -0.128. The standard InChI is InChI=1S/C10H21N3O/c1-8(2)12(3)9-4-5-13(7-9)10(14)6-11/h8-9H,4-7,11H2,1-3H3/t9-/m1/s1. The molecule has 0 aromatic carbocycles. The molecule has 1 heterocycles. The zero-order valence-electron chi connectivity index (χ0n) is 9.36. The molecule has 82 valence electrons. The average Bonchev–Trinajstić information content (AvgIpc) is 2.64. The fraction of sp³-hybridized carbons (Fsp3) is 0.900. The van der Waals surface area contributed by atoms with Crippen LogP contribution in [0.3, 0.4) is 0 Å². The molecule has 2 N–H and O–H groups in total. The fourth-order valence-electron chi connectivity index (χ4n) is 1.85. The van der Waals surface area contributed by atoms with Gasteiger partial charge in [-0.2, -0.15) is 0 Å². The van der Waals surface area contributed by atoms with Gasteiger partial charge in [-0.25, -0.2) is 0 Å². The molecular formula is C10H21N3O. The van der Waals surface area contributed by atoms with E-state index in [1.54, 1.807) is 0 Å². The Morgan fingerprint density at radius 3 is 2.79 bits per heavy atom. The van der Waals surface area contributed by atoms with Gasteiger partial charge in [0.1, 0.15) is 0 Å². The number of nitrogens with two attached hydrogens (primary N) is 1. The van der Waals surface area contributed by atoms with E-state index in [2.05, 4.69) is 25.8 Å². The first-order valence-electron chi connectivity index (χ1n) is 5.26. The van der Waals surface area contributed by atoms with Gasteiger partial charge < -0.3 is 10.6 Å². The lowest BCUT2D eigenvalue weighted by Crippen LogP contribution is -2.41. The van der Waals surface area contributed by atoms with E-state index in [-0.39, 0.29) is 12.5 Å². The predicted molar refractivity (Wildman–Crippen MR) is 56.9 cm³/mol. The molecule has 1 rings (SSSR count). The average molecular weight is 199 g/mol. The molecule has 1 aliphatic rings. The molecular weight excluding hydrogens is 178 g/mol. The van der Waals surface area contributed by atoms with Gasteiger partial charge in [-0.15, -0.1) is 0 Å². The Morgan fingerprint density at radius 1 is 1.64 bits per heavy atom. The SMILES string of the molecule is CC(C)N(C)[C@@H]1CCN(C(=O)CN)C1. The molecule has 0 bridgehead atoms. The van der Waals surface area contributed by atoms with Crippen molar-refractivity contribution in [1.82, 2.24) is 9.80 Å². The van der Waals surface area contributed by atoms with Gasteiger partial charge in [0.15, 0.2) is 0 Å². The van der Waals surface area contributed by atoms with E-state index in [1.807, 2.05) is 4.90 Å². The van der Waals surface area contributed by atoms with Crippen LogP contribution in [0.1, 0.15) is 20.3 Å². The number of likely N-dealkylation sites (tertiary alicyclic amines) is 1. The molecule has 0 radical (unpaired) electrons. The highest BCUT2D eigenvalue weighted by molar-refractivity contribution is 5.78. The maximum Gasteiger partial charge on any atom is 0.236 e. The zero-order chi connectivity index (χ0) is 10.7. The van der Waals surface area contributed by atoms with Crippen LogP contribution >= 0.6 is 0 Å². The van der Waals surface area contributed by atoms with Crippen LogP contribution in [-0.4, -0.2) is 54.5 Å². The minimum Gasteiger partial charge on any atom is -0.340 e. The van der Waals surface area contributed by atoms with E-state index in [9.17, 15) is 4.79 Å². The van der Waals surface area contributed by atoms with Crippen molar-refractivity contribution >= 4 is 5.91 Å². The van der Waals surface area contributed by atoms with Crippen molar-refractivity contribution in [2.24, 2.45) is 5.73 Å². The number of rotatable bonds is 3. The quantitative estimate of drug-likeness (QED) is 0.690. The van der Waals surface area contributed by atoms with E-state index < -0.39 is 0 Å². The van der Waals surface area contributed by atoms with E-state index in [1.165, 1.54) is 0 Å². The van der Waals surface area contributed by atoms with Crippen LogP contribution in [0.15, 0.2) is 0 Å². The number of carbonyl (C=O) groups excluding carboxylic acids is 1. The Kier molecular flexibility index (Phi) is 3.89. The molecule has 0 unspecified atom stereocenters. The summed E-state index contributed by atoms with van der Waals surface area (Å²) < 4.78 is 0. The summed E-state index contributed by atoms with van der Waals surface area (Å²) in [4.78, 5) is 15.5. The van der Waals surface area contributed by atoms with Crippen LogP contribution < -0.4 is 5.73 Å². The van der Waals surface area contributed by atoms with Crippen molar-refractivity contribution in [3.63, 3.8) is 0 Å². The van der Waals surface area contributed by atoms with Gasteiger partial charge in [-0.05, 0) is 27.3 Å². The highest BCUT2D eigenvalue weighted by atomic mass is 16.2. The Labute approximate surface area is 86.0 Å². The van der Waals surface area contributed by atoms with Crippen LogP contribution in [-0.2, 0) is 4.79 Å². The summed E-state index contributed by atoms with van der Waals surface area (Å²) in [5.41, 5.74) is 5.33. The molecule has 1 saturated heterocycles. The zero-order valence-corrected chi connectivity index (χ0v) is 9.36. The van der Waals surface area contributed by atoms with Crippen LogP contribution in [0.5, 0.6) is 0 Å². The summed E-state index contributed by atoms with van der Waals surface area (Å²) >= 11 is 0. The maximum atomic E-state index is 11.3. The first-order chi connectivity index (χ1) is 6.56. The third-order valence-electron chi connectivity index (χ3n) is 3.08. The number of nitrogens with zero attached hydrogens (tertiary/aromatic N) is 2. The summed E-state index contributed by atoms with van der Waals surface area (Å²) in [6.45, 7) is 6.18. The summed E-state index contributed by atoms with van der Waals surface area (Å²) in [7, 11) is 2.12. The minimum absolute atomic E-state index is 0.0738. The molecule has 0 spiro atoms. The van der Waals surface area contributed by atoms with E-state index in [0.29, 0.717) is 12.1 Å². The molecule has 4 heteroatoms. The molecule has 0 saturated carbocycles. The summed E-state index contributed by atoms with van der Waals surface area (Å²) in [6.07, 6.45) is 1.07. The van der Waals surface area contributed by atoms with Crippen LogP contribution in [0, 0.1) is 0 Å². The number of hydrogen-bond donors (Lipinski definition) is 1. The van der Waals surface area contributed by atoms with Gasteiger partial charge in [0.05, 0.1) is 6.54 Å². The number of hydrogen-bond acceptors (Lipinski definition) is 3. The van der Waals surface area contributed by atoms with Gasteiger partial charge in [-0.1, -0.05) is 0 Å². The van der Waals surface area contributed by atoms with Crippen LogP contribution in [0.2, 0.25) is 0 Å². The lowest BCUT2D eigenvalue weighted by Gasteiger charge is -2.28. The van der Waals surface area contributed by atoms with Crippen LogP contribution in [0.25, 0.3) is 0 Å². The molecule has 1 amide bonds. The second-order valence-electron chi connectivity index (χ2n) is 4.25. The largest absolute Gasteiger partial charge is 0.340 e. The van der Waals surface area contributed by atoms with Crippen molar-refractivity contribution in [3.8, 4) is 0 Å². The normalized spacial score (nSPS) is 22.4. The topological polar surface area (TPSA) is 49.6 Å². The van der Waals surface area contributed by atoms with Crippen molar-refractivity contribution in [2.45, 2.75) is 32.4 Å². The molecule has 1 aliphatic heterocycles. The second kappa shape index (κ2) is 4.75. The predicted octanol–water partition coefficient (Wildman–Crippen LogP) is -0.114. The van der Waals surface area contributed by atoms with E-state index >= 15 is 0 Å². The Bertz CT molecular complexity index is 206. The first-order valence-corrected chi connectivity index (χ1v) is 5.26. The number of amides is 1. The second-order valence-corrected chi connectivity index (χ2v) is 4.25. The van der Waals surface area contributed by atoms with Gasteiger partial charge in [0, 0.05) is 25.2 Å². The molecule has 0 aliphatic carbocycles. The van der Waals surface area contributed by atoms with Gasteiger partial charge in [-0.3, -0.25) is 9.69 Å². The summed E-state index contributed by atoms with van der Waals surface area (Å²) in [5, 5.41) is 0. The van der Waals surface area contributed by atoms with Crippen molar-refractivity contribution in [1.29, 1.82) is 0 Å². The molecule has 1 fully saturated rings. The van der Waals surface area contributed by atoms with Crippen LogP contribution in [0.4, 0.5) is 0 Å². The molecule has 0 aromatic rings. The third-order valence-corrected chi connectivity index (χ3v) is 3.08. The van der Waals surface area contributed by atoms with Crippen molar-refractivity contribution in [3.05, 3.63) is 0 Å². The molecule has 1 atom stereocenters. The molecule has 4 nitrogen and oxygen atoms in total.